The molecule has 0 aromatic heterocycles. The second kappa shape index (κ2) is 5.92. The van der Waals surface area contributed by atoms with Crippen LogP contribution in [0.2, 0.25) is 0 Å². The molecule has 70 valence electrons. The van der Waals surface area contributed by atoms with E-state index in [1.54, 1.807) is 6.92 Å². The lowest BCUT2D eigenvalue weighted by molar-refractivity contribution is -0.120. The van der Waals surface area contributed by atoms with E-state index in [4.69, 9.17) is 0 Å². The Bertz CT molecular complexity index is 161. The molecule has 0 aliphatic rings. The molecule has 2 nitrogen and oxygen atoms in total. The van der Waals surface area contributed by atoms with Crippen LogP contribution >= 0.6 is 0 Å². The normalized spacial score (nSPS) is 12.6. The molecule has 0 aromatic rings. The lowest BCUT2D eigenvalue weighted by Crippen LogP contribution is -2.08. The molecule has 0 aromatic carbocycles. The molecular formula is C10H18O2. The second-order valence-corrected chi connectivity index (χ2v) is 3.50. The fourth-order valence-electron chi connectivity index (χ4n) is 1.33. The number of Topliss-reactive ketones (excluding diaryl/α,β-unsaturated/α-hetero) is 2. The second-order valence-electron chi connectivity index (χ2n) is 3.50. The van der Waals surface area contributed by atoms with Crippen molar-refractivity contribution in [2.24, 2.45) is 5.92 Å². The molecule has 0 rings (SSSR count). The molecule has 0 radical (unpaired) electrons. The molecule has 0 amide bonds. The van der Waals surface area contributed by atoms with Gasteiger partial charge in [-0.1, -0.05) is 13.8 Å². The van der Waals surface area contributed by atoms with Gasteiger partial charge in [0.15, 0.2) is 0 Å². The largest absolute Gasteiger partial charge is 0.300 e. The third-order valence-electron chi connectivity index (χ3n) is 1.74. The third-order valence-corrected chi connectivity index (χ3v) is 1.74. The van der Waals surface area contributed by atoms with Crippen LogP contribution in [0.15, 0.2) is 0 Å². The fraction of sp³-hybridized carbons (Fsp3) is 0.800. The first-order valence-electron chi connectivity index (χ1n) is 4.57. The number of carbonyl (C=O) groups is 2. The maximum atomic E-state index is 11.1. The van der Waals surface area contributed by atoms with Crippen molar-refractivity contribution < 1.29 is 9.59 Å². The zero-order valence-electron chi connectivity index (χ0n) is 8.22. The van der Waals surface area contributed by atoms with E-state index in [2.05, 4.69) is 0 Å². The van der Waals surface area contributed by atoms with Crippen LogP contribution in [0.4, 0.5) is 0 Å². The van der Waals surface area contributed by atoms with Gasteiger partial charge in [-0.3, -0.25) is 4.79 Å². The zero-order chi connectivity index (χ0) is 9.56. The van der Waals surface area contributed by atoms with Gasteiger partial charge >= 0.3 is 0 Å². The molecule has 12 heavy (non-hydrogen) atoms. The first-order chi connectivity index (χ1) is 5.56. The molecule has 0 bridgehead atoms. The van der Waals surface area contributed by atoms with E-state index >= 15 is 0 Å². The van der Waals surface area contributed by atoms with E-state index in [0.29, 0.717) is 19.3 Å². The van der Waals surface area contributed by atoms with Gasteiger partial charge in [0.25, 0.3) is 0 Å². The highest BCUT2D eigenvalue weighted by atomic mass is 16.1. The molecule has 1 atom stereocenters. The van der Waals surface area contributed by atoms with Crippen molar-refractivity contribution in [3.63, 3.8) is 0 Å². The van der Waals surface area contributed by atoms with Crippen molar-refractivity contribution in [3.8, 4) is 0 Å². The van der Waals surface area contributed by atoms with Crippen LogP contribution in [0, 0.1) is 5.92 Å². The fourth-order valence-corrected chi connectivity index (χ4v) is 1.33. The summed E-state index contributed by atoms with van der Waals surface area (Å²) in [6.07, 6.45) is 2.66. The lowest BCUT2D eigenvalue weighted by atomic mass is 9.97. The molecule has 0 aliphatic carbocycles. The minimum absolute atomic E-state index is 0.173. The summed E-state index contributed by atoms with van der Waals surface area (Å²) < 4.78 is 0. The van der Waals surface area contributed by atoms with E-state index in [0.717, 1.165) is 6.42 Å². The van der Waals surface area contributed by atoms with Gasteiger partial charge in [-0.25, -0.2) is 0 Å². The number of ketones is 2. The quantitative estimate of drug-likeness (QED) is 0.613. The maximum Gasteiger partial charge on any atom is 0.133 e. The summed E-state index contributed by atoms with van der Waals surface area (Å²) in [6, 6.07) is 0. The Labute approximate surface area is 74.3 Å². The van der Waals surface area contributed by atoms with Crippen molar-refractivity contribution in [2.45, 2.75) is 46.5 Å². The van der Waals surface area contributed by atoms with Crippen LogP contribution in [0.25, 0.3) is 0 Å². The maximum absolute atomic E-state index is 11.1. The minimum Gasteiger partial charge on any atom is -0.300 e. The van der Waals surface area contributed by atoms with Crippen LogP contribution < -0.4 is 0 Å². The summed E-state index contributed by atoms with van der Waals surface area (Å²) in [4.78, 5) is 21.8. The zero-order valence-corrected chi connectivity index (χ0v) is 8.22. The summed E-state index contributed by atoms with van der Waals surface area (Å²) >= 11 is 0. The van der Waals surface area contributed by atoms with Crippen molar-refractivity contribution in [3.05, 3.63) is 0 Å². The number of hydrogen-bond donors (Lipinski definition) is 0. The molecule has 0 heterocycles. The Morgan fingerprint density at radius 1 is 1.25 bits per heavy atom. The highest BCUT2D eigenvalue weighted by Gasteiger charge is 2.09. The van der Waals surface area contributed by atoms with E-state index in [1.807, 2.05) is 13.8 Å². The van der Waals surface area contributed by atoms with Crippen molar-refractivity contribution >= 4 is 11.6 Å². The van der Waals surface area contributed by atoms with Gasteiger partial charge in [0.1, 0.15) is 11.6 Å². The van der Waals surface area contributed by atoms with Gasteiger partial charge in [0, 0.05) is 19.3 Å². The van der Waals surface area contributed by atoms with Crippen molar-refractivity contribution in [1.82, 2.24) is 0 Å². The average Bonchev–Trinajstić information content (AvgIpc) is 1.84. The van der Waals surface area contributed by atoms with Crippen LogP contribution in [-0.2, 0) is 9.59 Å². The molecule has 2 heteroatoms. The van der Waals surface area contributed by atoms with Crippen LogP contribution in [0.5, 0.6) is 0 Å². The van der Waals surface area contributed by atoms with E-state index in [-0.39, 0.29) is 17.5 Å². The number of carbonyl (C=O) groups excluding carboxylic acids is 2. The molecule has 0 saturated heterocycles. The van der Waals surface area contributed by atoms with Crippen LogP contribution in [0.3, 0.4) is 0 Å². The molecular weight excluding hydrogens is 152 g/mol. The van der Waals surface area contributed by atoms with Crippen molar-refractivity contribution in [2.75, 3.05) is 0 Å². The van der Waals surface area contributed by atoms with Gasteiger partial charge in [0.05, 0.1) is 0 Å². The molecule has 0 saturated carbocycles. The average molecular weight is 170 g/mol. The highest BCUT2D eigenvalue weighted by Crippen LogP contribution is 2.10. The first kappa shape index (κ1) is 11.3. The Balaban J connectivity index is 3.61. The highest BCUT2D eigenvalue weighted by molar-refractivity contribution is 5.80. The van der Waals surface area contributed by atoms with Gasteiger partial charge < -0.3 is 4.79 Å². The molecule has 0 spiro atoms. The summed E-state index contributed by atoms with van der Waals surface area (Å²) in [5, 5.41) is 0. The monoisotopic (exact) mass is 170 g/mol. The van der Waals surface area contributed by atoms with Gasteiger partial charge in [-0.05, 0) is 19.3 Å². The Morgan fingerprint density at radius 2 is 1.83 bits per heavy atom. The van der Waals surface area contributed by atoms with E-state index in [9.17, 15) is 9.59 Å². The lowest BCUT2D eigenvalue weighted by Gasteiger charge is -2.06. The van der Waals surface area contributed by atoms with Crippen molar-refractivity contribution in [1.29, 1.82) is 0 Å². The van der Waals surface area contributed by atoms with Gasteiger partial charge in [0.2, 0.25) is 0 Å². The van der Waals surface area contributed by atoms with Gasteiger partial charge in [-0.2, -0.15) is 0 Å². The SMILES string of the molecule is CCCC(=O)C[C@@H](C)CC(C)=O. The minimum atomic E-state index is 0.173. The van der Waals surface area contributed by atoms with E-state index < -0.39 is 0 Å². The first-order valence-corrected chi connectivity index (χ1v) is 4.57. The van der Waals surface area contributed by atoms with Crippen LogP contribution in [-0.4, -0.2) is 11.6 Å². The Kier molecular flexibility index (Phi) is 5.60. The molecule has 0 unspecified atom stereocenters. The molecule has 0 aliphatic heterocycles. The van der Waals surface area contributed by atoms with Crippen LogP contribution in [0.1, 0.15) is 46.5 Å². The van der Waals surface area contributed by atoms with Gasteiger partial charge in [-0.15, -0.1) is 0 Å². The number of rotatable bonds is 6. The number of hydrogen-bond acceptors (Lipinski definition) is 2. The topological polar surface area (TPSA) is 34.1 Å². The molecule has 0 fully saturated rings. The summed E-state index contributed by atoms with van der Waals surface area (Å²) in [7, 11) is 0. The standard InChI is InChI=1S/C10H18O2/c1-4-5-10(12)7-8(2)6-9(3)11/h8H,4-7H2,1-3H3/t8-/m0/s1. The molecule has 0 N–H and O–H groups in total. The Morgan fingerprint density at radius 3 is 2.25 bits per heavy atom. The summed E-state index contributed by atoms with van der Waals surface area (Å²) in [6.45, 7) is 5.52. The summed E-state index contributed by atoms with van der Waals surface area (Å²) in [5.74, 6) is 0.680. The smallest absolute Gasteiger partial charge is 0.133 e. The van der Waals surface area contributed by atoms with E-state index in [1.165, 1.54) is 0 Å². The summed E-state index contributed by atoms with van der Waals surface area (Å²) in [5.41, 5.74) is 0. The predicted octanol–water partition coefficient (Wildman–Crippen LogP) is 2.36. The third kappa shape index (κ3) is 6.08. The predicted molar refractivity (Wildman–Crippen MR) is 49.0 cm³/mol. The Hall–Kier alpha value is -0.660.